The molecule has 5 heteroatoms. The summed E-state index contributed by atoms with van der Waals surface area (Å²) < 4.78 is 10.3. The number of hydrogen-bond donors (Lipinski definition) is 1. The second-order valence-corrected chi connectivity index (χ2v) is 4.30. The van der Waals surface area contributed by atoms with Crippen molar-refractivity contribution < 1.29 is 14.3 Å². The van der Waals surface area contributed by atoms with Crippen LogP contribution in [0.1, 0.15) is 16.8 Å². The second-order valence-electron chi connectivity index (χ2n) is 4.30. The molecule has 0 atom stereocenters. The predicted octanol–water partition coefficient (Wildman–Crippen LogP) is 1.69. The second kappa shape index (κ2) is 5.65. The average molecular weight is 262 g/mol. The molecule has 2 N–H and O–H groups in total. The van der Waals surface area contributed by atoms with Crippen LogP contribution in [0, 0.1) is 0 Å². The van der Waals surface area contributed by atoms with Gasteiger partial charge in [0.25, 0.3) is 5.91 Å². The number of nitrogen functional groups attached to an aromatic ring is 1. The number of rotatable bonds is 3. The van der Waals surface area contributed by atoms with E-state index in [1.807, 2.05) is 6.08 Å². The van der Waals surface area contributed by atoms with Crippen molar-refractivity contribution in [2.45, 2.75) is 6.42 Å². The van der Waals surface area contributed by atoms with E-state index in [9.17, 15) is 4.79 Å². The molecule has 1 amide bonds. The zero-order valence-corrected chi connectivity index (χ0v) is 11.2. The summed E-state index contributed by atoms with van der Waals surface area (Å²) in [4.78, 5) is 14.2. The van der Waals surface area contributed by atoms with Crippen molar-refractivity contribution in [1.82, 2.24) is 4.90 Å². The molecule has 0 aliphatic carbocycles. The smallest absolute Gasteiger partial charge is 0.256 e. The number of nitrogens with two attached hydrogens (primary N) is 1. The summed E-state index contributed by atoms with van der Waals surface area (Å²) in [7, 11) is 3.06. The van der Waals surface area contributed by atoms with Crippen LogP contribution in [0.2, 0.25) is 0 Å². The van der Waals surface area contributed by atoms with Gasteiger partial charge in [0, 0.05) is 19.2 Å². The van der Waals surface area contributed by atoms with E-state index < -0.39 is 0 Å². The molecule has 0 unspecified atom stereocenters. The van der Waals surface area contributed by atoms with Crippen LogP contribution >= 0.6 is 0 Å². The molecule has 0 saturated carbocycles. The molecule has 1 aromatic rings. The summed E-state index contributed by atoms with van der Waals surface area (Å²) >= 11 is 0. The van der Waals surface area contributed by atoms with Crippen molar-refractivity contribution >= 4 is 11.6 Å². The van der Waals surface area contributed by atoms with Gasteiger partial charge in [0.1, 0.15) is 11.5 Å². The molecular formula is C14H18N2O3. The van der Waals surface area contributed by atoms with Gasteiger partial charge in [0.05, 0.1) is 25.5 Å². The van der Waals surface area contributed by atoms with Gasteiger partial charge in [-0.1, -0.05) is 12.2 Å². The lowest BCUT2D eigenvalue weighted by Crippen LogP contribution is -2.34. The molecule has 5 nitrogen and oxygen atoms in total. The molecule has 19 heavy (non-hydrogen) atoms. The maximum absolute atomic E-state index is 12.5. The first-order valence-electron chi connectivity index (χ1n) is 6.13. The molecule has 0 bridgehead atoms. The Morgan fingerprint density at radius 1 is 1.26 bits per heavy atom. The van der Waals surface area contributed by atoms with Crippen LogP contribution in [0.15, 0.2) is 24.3 Å². The largest absolute Gasteiger partial charge is 0.497 e. The number of methoxy groups -OCH3 is 2. The van der Waals surface area contributed by atoms with Crippen LogP contribution in [-0.4, -0.2) is 38.1 Å². The third-order valence-corrected chi connectivity index (χ3v) is 3.15. The lowest BCUT2D eigenvalue weighted by atomic mass is 10.1. The van der Waals surface area contributed by atoms with E-state index in [2.05, 4.69) is 6.08 Å². The Bertz CT molecular complexity index is 512. The number of carbonyl (C=O) groups is 1. The topological polar surface area (TPSA) is 64.8 Å². The highest BCUT2D eigenvalue weighted by atomic mass is 16.5. The van der Waals surface area contributed by atoms with Crippen molar-refractivity contribution in [3.63, 3.8) is 0 Å². The Labute approximate surface area is 112 Å². The zero-order valence-electron chi connectivity index (χ0n) is 11.2. The highest BCUT2D eigenvalue weighted by Gasteiger charge is 2.21. The van der Waals surface area contributed by atoms with Crippen molar-refractivity contribution in [1.29, 1.82) is 0 Å². The molecule has 1 aliphatic rings. The summed E-state index contributed by atoms with van der Waals surface area (Å²) in [5.74, 6) is 0.913. The maximum atomic E-state index is 12.5. The van der Waals surface area contributed by atoms with Gasteiger partial charge < -0.3 is 20.1 Å². The monoisotopic (exact) mass is 262 g/mol. The summed E-state index contributed by atoms with van der Waals surface area (Å²) in [6.07, 6.45) is 4.92. The van der Waals surface area contributed by atoms with Crippen molar-refractivity contribution in [3.8, 4) is 11.5 Å². The van der Waals surface area contributed by atoms with Crippen LogP contribution in [0.25, 0.3) is 0 Å². The quantitative estimate of drug-likeness (QED) is 0.665. The first-order chi connectivity index (χ1) is 9.17. The van der Waals surface area contributed by atoms with Crippen LogP contribution < -0.4 is 15.2 Å². The standard InChI is InChI=1S/C14H18N2O3/c1-18-10-8-11(13(15)12(9-10)19-2)14(17)16-6-4-3-5-7-16/h3-4,8-9H,5-7,15H2,1-2H3. The van der Waals surface area contributed by atoms with Gasteiger partial charge in [0.2, 0.25) is 0 Å². The molecule has 0 fully saturated rings. The van der Waals surface area contributed by atoms with Crippen molar-refractivity contribution in [3.05, 3.63) is 29.8 Å². The Balaban J connectivity index is 2.37. The molecule has 0 radical (unpaired) electrons. The first kappa shape index (κ1) is 13.3. The fourth-order valence-corrected chi connectivity index (χ4v) is 2.06. The van der Waals surface area contributed by atoms with Crippen LogP contribution in [0.5, 0.6) is 11.5 Å². The lowest BCUT2D eigenvalue weighted by molar-refractivity contribution is 0.0771. The van der Waals surface area contributed by atoms with Gasteiger partial charge in [-0.05, 0) is 12.5 Å². The van der Waals surface area contributed by atoms with Gasteiger partial charge >= 0.3 is 0 Å². The minimum atomic E-state index is -0.0981. The molecule has 102 valence electrons. The minimum absolute atomic E-state index is 0.0981. The van der Waals surface area contributed by atoms with Gasteiger partial charge in [-0.25, -0.2) is 0 Å². The molecule has 1 heterocycles. The number of ether oxygens (including phenoxy) is 2. The van der Waals surface area contributed by atoms with Gasteiger partial charge in [-0.3, -0.25) is 4.79 Å². The maximum Gasteiger partial charge on any atom is 0.256 e. The summed E-state index contributed by atoms with van der Waals surface area (Å²) in [6.45, 7) is 1.31. The number of nitrogens with zero attached hydrogens (tertiary/aromatic N) is 1. The van der Waals surface area contributed by atoms with E-state index in [4.69, 9.17) is 15.2 Å². The van der Waals surface area contributed by atoms with E-state index in [1.165, 1.54) is 7.11 Å². The third kappa shape index (κ3) is 2.65. The highest BCUT2D eigenvalue weighted by Crippen LogP contribution is 2.32. The van der Waals surface area contributed by atoms with Crippen LogP contribution in [0.3, 0.4) is 0 Å². The van der Waals surface area contributed by atoms with Gasteiger partial charge in [0.15, 0.2) is 0 Å². The molecule has 1 aromatic carbocycles. The van der Waals surface area contributed by atoms with Gasteiger partial charge in [-0.15, -0.1) is 0 Å². The molecule has 0 saturated heterocycles. The van der Waals surface area contributed by atoms with Crippen molar-refractivity contribution in [2.75, 3.05) is 33.0 Å². The van der Waals surface area contributed by atoms with E-state index in [0.717, 1.165) is 6.42 Å². The van der Waals surface area contributed by atoms with Crippen LogP contribution in [-0.2, 0) is 0 Å². The third-order valence-electron chi connectivity index (χ3n) is 3.15. The van der Waals surface area contributed by atoms with Crippen LogP contribution in [0.4, 0.5) is 5.69 Å². The Morgan fingerprint density at radius 3 is 2.63 bits per heavy atom. The predicted molar refractivity (Wildman–Crippen MR) is 73.6 cm³/mol. The number of hydrogen-bond acceptors (Lipinski definition) is 4. The normalized spacial score (nSPS) is 14.3. The van der Waals surface area contributed by atoms with Gasteiger partial charge in [-0.2, -0.15) is 0 Å². The Morgan fingerprint density at radius 2 is 2.05 bits per heavy atom. The summed E-state index contributed by atoms with van der Waals surface area (Å²) in [6, 6.07) is 3.32. The number of anilines is 1. The Hall–Kier alpha value is -2.17. The molecule has 1 aliphatic heterocycles. The fraction of sp³-hybridized carbons (Fsp3) is 0.357. The average Bonchev–Trinajstić information content (AvgIpc) is 2.47. The van der Waals surface area contributed by atoms with Crippen molar-refractivity contribution in [2.24, 2.45) is 0 Å². The number of benzene rings is 1. The number of amides is 1. The lowest BCUT2D eigenvalue weighted by Gasteiger charge is -2.24. The van der Waals surface area contributed by atoms with E-state index in [0.29, 0.717) is 35.8 Å². The van der Waals surface area contributed by atoms with E-state index >= 15 is 0 Å². The highest BCUT2D eigenvalue weighted by molar-refractivity contribution is 6.01. The molecule has 2 rings (SSSR count). The minimum Gasteiger partial charge on any atom is -0.497 e. The molecular weight excluding hydrogens is 244 g/mol. The fourth-order valence-electron chi connectivity index (χ4n) is 2.06. The number of carbonyl (C=O) groups excluding carboxylic acids is 1. The van der Waals surface area contributed by atoms with E-state index in [-0.39, 0.29) is 5.91 Å². The summed E-state index contributed by atoms with van der Waals surface area (Å²) in [5, 5.41) is 0. The molecule has 0 aromatic heterocycles. The summed E-state index contributed by atoms with van der Waals surface area (Å²) in [5.41, 5.74) is 6.75. The first-order valence-corrected chi connectivity index (χ1v) is 6.13. The SMILES string of the molecule is COc1cc(OC)c(N)c(C(=O)N2CC=CCC2)c1. The molecule has 0 spiro atoms. The Kier molecular flexibility index (Phi) is 3.94. The van der Waals surface area contributed by atoms with E-state index in [1.54, 1.807) is 24.1 Å². The zero-order chi connectivity index (χ0) is 13.8.